The van der Waals surface area contributed by atoms with Gasteiger partial charge in [-0.2, -0.15) is 13.2 Å². The first kappa shape index (κ1) is 16.0. The molecule has 3 heterocycles. The van der Waals surface area contributed by atoms with Crippen molar-refractivity contribution in [3.05, 3.63) is 59.1 Å². The van der Waals surface area contributed by atoms with Gasteiger partial charge in [0.25, 0.3) is 0 Å². The Kier molecular flexibility index (Phi) is 3.72. The molecular weight excluding hydrogens is 336 g/mol. The van der Waals surface area contributed by atoms with Crippen LogP contribution in [0.25, 0.3) is 10.9 Å². The molecule has 4 nitrogen and oxygen atoms in total. The second kappa shape index (κ2) is 5.80. The molecule has 25 heavy (non-hydrogen) atoms. The van der Waals surface area contributed by atoms with Crippen molar-refractivity contribution >= 4 is 10.9 Å². The van der Waals surface area contributed by atoms with Crippen molar-refractivity contribution in [2.75, 3.05) is 6.54 Å². The lowest BCUT2D eigenvalue weighted by Gasteiger charge is -2.28. The molecule has 0 atom stereocenters. The summed E-state index contributed by atoms with van der Waals surface area (Å²) in [6, 6.07) is 4.57. The monoisotopic (exact) mass is 350 g/mol. The van der Waals surface area contributed by atoms with Gasteiger partial charge in [0.15, 0.2) is 0 Å². The van der Waals surface area contributed by atoms with E-state index >= 15 is 0 Å². The zero-order chi connectivity index (χ0) is 17.6. The number of aromatic amines is 1. The van der Waals surface area contributed by atoms with E-state index in [4.69, 9.17) is 0 Å². The number of benzene rings is 1. The lowest BCUT2D eigenvalue weighted by Crippen LogP contribution is -2.31. The molecule has 0 fully saturated rings. The number of halogens is 4. The van der Waals surface area contributed by atoms with E-state index in [1.54, 1.807) is 6.07 Å². The fraction of sp³-hybridized carbons (Fsp3) is 0.294. The van der Waals surface area contributed by atoms with Crippen LogP contribution in [0.1, 0.15) is 22.6 Å². The Morgan fingerprint density at radius 3 is 2.88 bits per heavy atom. The summed E-state index contributed by atoms with van der Waals surface area (Å²) in [5.74, 6) is -1.39. The highest BCUT2D eigenvalue weighted by Crippen LogP contribution is 2.28. The highest BCUT2D eigenvalue weighted by atomic mass is 19.4. The fourth-order valence-corrected chi connectivity index (χ4v) is 3.17. The number of hydrogen-bond acceptors (Lipinski definition) is 3. The summed E-state index contributed by atoms with van der Waals surface area (Å²) in [5.41, 5.74) is 2.95. The summed E-state index contributed by atoms with van der Waals surface area (Å²) in [7, 11) is 0. The van der Waals surface area contributed by atoms with E-state index in [2.05, 4.69) is 19.9 Å². The zero-order valence-electron chi connectivity index (χ0n) is 13.1. The van der Waals surface area contributed by atoms with E-state index in [9.17, 15) is 17.6 Å². The topological polar surface area (TPSA) is 44.8 Å². The number of rotatable bonds is 2. The first-order valence-electron chi connectivity index (χ1n) is 7.80. The minimum Gasteiger partial charge on any atom is -0.361 e. The minimum absolute atomic E-state index is 0.301. The molecule has 8 heteroatoms. The lowest BCUT2D eigenvalue weighted by atomic mass is 10.1. The Morgan fingerprint density at radius 1 is 1.24 bits per heavy atom. The van der Waals surface area contributed by atoms with E-state index in [0.717, 1.165) is 16.5 Å². The second-order valence-electron chi connectivity index (χ2n) is 6.13. The van der Waals surface area contributed by atoms with Gasteiger partial charge in [0.05, 0.1) is 5.69 Å². The van der Waals surface area contributed by atoms with Gasteiger partial charge in [-0.05, 0) is 23.8 Å². The lowest BCUT2D eigenvalue weighted by molar-refractivity contribution is -0.145. The van der Waals surface area contributed by atoms with Crippen molar-refractivity contribution in [1.82, 2.24) is 19.9 Å². The van der Waals surface area contributed by atoms with Crippen LogP contribution < -0.4 is 0 Å². The van der Waals surface area contributed by atoms with Gasteiger partial charge in [-0.25, -0.2) is 14.4 Å². The van der Waals surface area contributed by atoms with Gasteiger partial charge in [-0.1, -0.05) is 0 Å². The van der Waals surface area contributed by atoms with Gasteiger partial charge in [0.1, 0.15) is 5.82 Å². The number of hydrogen-bond donors (Lipinski definition) is 1. The molecule has 0 radical (unpaired) electrons. The molecule has 1 aliphatic heterocycles. The van der Waals surface area contributed by atoms with Crippen molar-refractivity contribution in [2.24, 2.45) is 0 Å². The summed E-state index contributed by atoms with van der Waals surface area (Å²) < 4.78 is 51.6. The van der Waals surface area contributed by atoms with Gasteiger partial charge >= 0.3 is 6.18 Å². The van der Waals surface area contributed by atoms with Crippen molar-refractivity contribution < 1.29 is 17.6 Å². The van der Waals surface area contributed by atoms with Gasteiger partial charge in [0, 0.05) is 54.9 Å². The van der Waals surface area contributed by atoms with Gasteiger partial charge in [-0.15, -0.1) is 0 Å². The molecule has 4 rings (SSSR count). The van der Waals surface area contributed by atoms with Crippen LogP contribution in [0.3, 0.4) is 0 Å². The van der Waals surface area contributed by atoms with Crippen LogP contribution in [0.15, 0.2) is 30.6 Å². The molecule has 1 N–H and O–H groups in total. The molecule has 0 bridgehead atoms. The number of alkyl halides is 3. The Balaban J connectivity index is 1.55. The van der Waals surface area contributed by atoms with E-state index in [1.807, 2.05) is 6.20 Å². The maximum atomic E-state index is 13.5. The largest absolute Gasteiger partial charge is 0.451 e. The minimum atomic E-state index is -4.53. The van der Waals surface area contributed by atoms with Crippen LogP contribution >= 0.6 is 0 Å². The first-order valence-corrected chi connectivity index (χ1v) is 7.80. The predicted octanol–water partition coefficient (Wildman–Crippen LogP) is 3.67. The second-order valence-corrected chi connectivity index (χ2v) is 6.13. The van der Waals surface area contributed by atoms with Gasteiger partial charge in [0.2, 0.25) is 5.82 Å². The summed E-state index contributed by atoms with van der Waals surface area (Å²) >= 11 is 0. The van der Waals surface area contributed by atoms with E-state index in [-0.39, 0.29) is 5.82 Å². The smallest absolute Gasteiger partial charge is 0.361 e. The summed E-state index contributed by atoms with van der Waals surface area (Å²) in [4.78, 5) is 12.3. The van der Waals surface area contributed by atoms with Crippen LogP contribution in [-0.4, -0.2) is 26.4 Å². The predicted molar refractivity (Wildman–Crippen MR) is 83.1 cm³/mol. The Morgan fingerprint density at radius 2 is 2.08 bits per heavy atom. The average Bonchev–Trinajstić information content (AvgIpc) is 2.95. The molecule has 0 amide bonds. The van der Waals surface area contributed by atoms with Crippen LogP contribution in [0, 0.1) is 5.82 Å². The highest BCUT2D eigenvalue weighted by Gasteiger charge is 2.35. The van der Waals surface area contributed by atoms with Gasteiger partial charge < -0.3 is 4.98 Å². The molecular formula is C17H14F4N4. The highest BCUT2D eigenvalue weighted by molar-refractivity contribution is 5.83. The normalized spacial score (nSPS) is 15.5. The maximum Gasteiger partial charge on any atom is 0.451 e. The molecule has 0 aliphatic carbocycles. The number of fused-ring (bicyclic) bond motifs is 2. The van der Waals surface area contributed by atoms with Crippen molar-refractivity contribution in [3.8, 4) is 0 Å². The van der Waals surface area contributed by atoms with E-state index in [1.165, 1.54) is 18.3 Å². The molecule has 2 aromatic heterocycles. The molecule has 1 aromatic carbocycles. The standard InChI is InChI=1S/C17H14F4N4/c18-12-1-2-15-13(5-12)10(6-22-15)8-25-4-3-14-11(9-25)7-23-16(24-14)17(19,20)21/h1-2,5-7,22H,3-4,8-9H2. The van der Waals surface area contributed by atoms with E-state index < -0.39 is 12.0 Å². The number of aromatic nitrogens is 3. The maximum absolute atomic E-state index is 13.5. The van der Waals surface area contributed by atoms with Crippen LogP contribution in [-0.2, 0) is 25.7 Å². The van der Waals surface area contributed by atoms with Crippen LogP contribution in [0.4, 0.5) is 17.6 Å². The SMILES string of the molecule is Fc1ccc2[nH]cc(CN3CCc4nc(C(F)(F)F)ncc4C3)c2c1. The van der Waals surface area contributed by atoms with Crippen LogP contribution in [0.5, 0.6) is 0 Å². The molecule has 3 aromatic rings. The van der Waals surface area contributed by atoms with Gasteiger partial charge in [-0.3, -0.25) is 4.90 Å². The molecule has 0 unspecified atom stereocenters. The average molecular weight is 350 g/mol. The number of H-pyrrole nitrogens is 1. The summed E-state index contributed by atoms with van der Waals surface area (Å²) in [5, 5.41) is 0.814. The number of nitrogens with zero attached hydrogens (tertiary/aromatic N) is 3. The molecule has 130 valence electrons. The molecule has 0 spiro atoms. The third kappa shape index (κ3) is 3.09. The molecule has 0 saturated heterocycles. The fourth-order valence-electron chi connectivity index (χ4n) is 3.17. The van der Waals surface area contributed by atoms with Crippen molar-refractivity contribution in [3.63, 3.8) is 0 Å². The Labute approximate surface area is 140 Å². The Hall–Kier alpha value is -2.48. The van der Waals surface area contributed by atoms with E-state index in [0.29, 0.717) is 37.3 Å². The third-order valence-corrected chi connectivity index (χ3v) is 4.39. The summed E-state index contributed by atoms with van der Waals surface area (Å²) in [6.07, 6.45) is -1.01. The van der Waals surface area contributed by atoms with Crippen molar-refractivity contribution in [1.29, 1.82) is 0 Å². The quantitative estimate of drug-likeness (QED) is 0.717. The third-order valence-electron chi connectivity index (χ3n) is 4.39. The Bertz CT molecular complexity index is 932. The van der Waals surface area contributed by atoms with Crippen LogP contribution in [0.2, 0.25) is 0 Å². The number of nitrogens with one attached hydrogen (secondary N) is 1. The molecule has 1 aliphatic rings. The first-order chi connectivity index (χ1) is 11.9. The zero-order valence-corrected chi connectivity index (χ0v) is 13.1. The van der Waals surface area contributed by atoms with Crippen molar-refractivity contribution in [2.45, 2.75) is 25.7 Å². The molecule has 0 saturated carbocycles. The summed E-state index contributed by atoms with van der Waals surface area (Å²) in [6.45, 7) is 1.63.